The number of ketones is 1. The first kappa shape index (κ1) is 14.0. The van der Waals surface area contributed by atoms with Crippen molar-refractivity contribution in [1.29, 1.82) is 0 Å². The van der Waals surface area contributed by atoms with Gasteiger partial charge >= 0.3 is 0 Å². The molecule has 0 N–H and O–H groups in total. The number of allylic oxidation sites excluding steroid dienone is 1. The van der Waals surface area contributed by atoms with E-state index >= 15 is 0 Å². The molecule has 112 valence electrons. The van der Waals surface area contributed by atoms with Gasteiger partial charge in [-0.15, -0.1) is 0 Å². The lowest BCUT2D eigenvalue weighted by Crippen LogP contribution is -2.37. The third-order valence-electron chi connectivity index (χ3n) is 4.40. The van der Waals surface area contributed by atoms with E-state index in [1.807, 2.05) is 4.90 Å². The summed E-state index contributed by atoms with van der Waals surface area (Å²) in [7, 11) is 1.80. The normalized spacial score (nSPS) is 21.7. The number of hydrogen-bond donors (Lipinski definition) is 0. The van der Waals surface area contributed by atoms with Crippen LogP contribution >= 0.6 is 0 Å². The fourth-order valence-electron chi connectivity index (χ4n) is 3.26. The van der Waals surface area contributed by atoms with E-state index < -0.39 is 0 Å². The Labute approximate surface area is 124 Å². The van der Waals surface area contributed by atoms with Crippen LogP contribution in [0.2, 0.25) is 0 Å². The molecule has 0 bridgehead atoms. The molecule has 1 atom stereocenters. The molecular weight excluding hydrogens is 266 g/mol. The number of aryl methyl sites for hydroxylation is 1. The second-order valence-electron chi connectivity index (χ2n) is 5.95. The van der Waals surface area contributed by atoms with E-state index in [2.05, 4.69) is 11.2 Å². The van der Waals surface area contributed by atoms with Gasteiger partial charge < -0.3 is 4.90 Å². The van der Waals surface area contributed by atoms with Crippen molar-refractivity contribution in [1.82, 2.24) is 14.7 Å². The lowest BCUT2D eigenvalue weighted by molar-refractivity contribution is -0.127. The number of nitrogens with zero attached hydrogens (tertiary/aromatic N) is 3. The number of amides is 1. The highest BCUT2D eigenvalue weighted by Gasteiger charge is 2.32. The van der Waals surface area contributed by atoms with Crippen molar-refractivity contribution in [2.45, 2.75) is 44.6 Å². The summed E-state index contributed by atoms with van der Waals surface area (Å²) < 4.78 is 1.63. The Hall–Kier alpha value is -1.91. The van der Waals surface area contributed by atoms with E-state index in [9.17, 15) is 9.59 Å². The van der Waals surface area contributed by atoms with Gasteiger partial charge in [0.15, 0.2) is 5.78 Å². The zero-order valence-corrected chi connectivity index (χ0v) is 12.4. The molecule has 21 heavy (non-hydrogen) atoms. The molecule has 1 aliphatic carbocycles. The molecule has 0 radical (unpaired) electrons. The summed E-state index contributed by atoms with van der Waals surface area (Å²) >= 11 is 0. The van der Waals surface area contributed by atoms with Gasteiger partial charge in [-0.3, -0.25) is 14.3 Å². The first-order chi connectivity index (χ1) is 10.1. The molecule has 1 amide bonds. The van der Waals surface area contributed by atoms with Crippen LogP contribution in [0, 0.1) is 0 Å². The minimum Gasteiger partial charge on any atom is -0.335 e. The van der Waals surface area contributed by atoms with Gasteiger partial charge in [0.05, 0.1) is 11.8 Å². The lowest BCUT2D eigenvalue weighted by Gasteiger charge is -2.24. The maximum atomic E-state index is 12.5. The Kier molecular flexibility index (Phi) is 3.90. The third kappa shape index (κ3) is 2.91. The van der Waals surface area contributed by atoms with Crippen molar-refractivity contribution >= 4 is 11.7 Å². The van der Waals surface area contributed by atoms with Crippen LogP contribution in [0.3, 0.4) is 0 Å². The van der Waals surface area contributed by atoms with Crippen LogP contribution < -0.4 is 0 Å². The molecule has 1 unspecified atom stereocenters. The highest BCUT2D eigenvalue weighted by molar-refractivity contribution is 5.97. The Bertz CT molecular complexity index is 588. The van der Waals surface area contributed by atoms with Crippen molar-refractivity contribution in [2.24, 2.45) is 7.05 Å². The number of hydrogen-bond acceptors (Lipinski definition) is 3. The summed E-state index contributed by atoms with van der Waals surface area (Å²) in [6.45, 7) is 0.779. The Morgan fingerprint density at radius 2 is 2.24 bits per heavy atom. The van der Waals surface area contributed by atoms with Gasteiger partial charge in [-0.2, -0.15) is 5.10 Å². The quantitative estimate of drug-likeness (QED) is 0.797. The van der Waals surface area contributed by atoms with Gasteiger partial charge in [0.1, 0.15) is 0 Å². The van der Waals surface area contributed by atoms with Crippen LogP contribution in [0.5, 0.6) is 0 Å². The Morgan fingerprint density at radius 1 is 1.38 bits per heavy atom. The molecule has 1 aromatic rings. The summed E-state index contributed by atoms with van der Waals surface area (Å²) in [4.78, 5) is 26.7. The highest BCUT2D eigenvalue weighted by atomic mass is 16.2. The minimum atomic E-state index is 0.0479. The summed E-state index contributed by atoms with van der Waals surface area (Å²) in [5.74, 6) is 0.224. The first-order valence-corrected chi connectivity index (χ1v) is 7.67. The van der Waals surface area contributed by atoms with Crippen molar-refractivity contribution in [2.75, 3.05) is 6.54 Å². The third-order valence-corrected chi connectivity index (χ3v) is 4.40. The molecule has 5 nitrogen and oxygen atoms in total. The molecule has 0 saturated carbocycles. The smallest absolute Gasteiger partial charge is 0.249 e. The Balaban J connectivity index is 1.66. The van der Waals surface area contributed by atoms with Crippen LogP contribution in [0.15, 0.2) is 24.0 Å². The van der Waals surface area contributed by atoms with E-state index in [1.165, 1.54) is 0 Å². The van der Waals surface area contributed by atoms with Crippen molar-refractivity contribution in [3.05, 3.63) is 29.6 Å². The van der Waals surface area contributed by atoms with Crippen LogP contribution in [-0.4, -0.2) is 39.0 Å². The molecule has 2 aliphatic rings. The van der Waals surface area contributed by atoms with E-state index in [1.54, 1.807) is 24.1 Å². The number of likely N-dealkylation sites (tertiary alicyclic amines) is 1. The van der Waals surface area contributed by atoms with E-state index in [0.717, 1.165) is 44.2 Å². The fraction of sp³-hybridized carbons (Fsp3) is 0.562. The van der Waals surface area contributed by atoms with E-state index in [-0.39, 0.29) is 17.7 Å². The average Bonchev–Trinajstić information content (AvgIpc) is 3.18. The standard InChI is InChI=1S/C16H21N3O2/c1-18-11-13(10-17-18)15(20)9-14-7-4-8-19(14)16(21)12-5-2-3-6-12/h5,10-11,14H,2-4,6-9H2,1H3. The van der Waals surface area contributed by atoms with E-state index in [0.29, 0.717) is 12.0 Å². The van der Waals surface area contributed by atoms with Crippen molar-refractivity contribution < 1.29 is 9.59 Å². The van der Waals surface area contributed by atoms with Crippen LogP contribution in [0.25, 0.3) is 0 Å². The SMILES string of the molecule is Cn1cc(C(=O)CC2CCCN2C(=O)C2=CCCC2)cn1. The molecule has 1 saturated heterocycles. The minimum absolute atomic E-state index is 0.0479. The molecule has 1 aliphatic heterocycles. The van der Waals surface area contributed by atoms with Gasteiger partial charge in [0, 0.05) is 37.8 Å². The summed E-state index contributed by atoms with van der Waals surface area (Å²) in [6.07, 6.45) is 10.7. The molecule has 2 heterocycles. The average molecular weight is 287 g/mol. The summed E-state index contributed by atoms with van der Waals surface area (Å²) in [5.41, 5.74) is 1.58. The maximum absolute atomic E-state index is 12.5. The van der Waals surface area contributed by atoms with Crippen LogP contribution in [-0.2, 0) is 11.8 Å². The molecule has 0 aromatic carbocycles. The van der Waals surface area contributed by atoms with Gasteiger partial charge in [-0.05, 0) is 32.1 Å². The molecule has 5 heteroatoms. The zero-order valence-electron chi connectivity index (χ0n) is 12.4. The summed E-state index contributed by atoms with van der Waals surface area (Å²) in [6, 6.07) is 0.0479. The van der Waals surface area contributed by atoms with Gasteiger partial charge in [0.2, 0.25) is 5.91 Å². The topological polar surface area (TPSA) is 55.2 Å². The maximum Gasteiger partial charge on any atom is 0.249 e. The second kappa shape index (κ2) is 5.84. The first-order valence-electron chi connectivity index (χ1n) is 7.67. The zero-order chi connectivity index (χ0) is 14.8. The monoisotopic (exact) mass is 287 g/mol. The van der Waals surface area contributed by atoms with Crippen molar-refractivity contribution in [3.8, 4) is 0 Å². The molecule has 0 spiro atoms. The number of Topliss-reactive ketones (excluding diaryl/α,β-unsaturated/α-hetero) is 1. The number of aromatic nitrogens is 2. The summed E-state index contributed by atoms with van der Waals surface area (Å²) in [5, 5.41) is 4.04. The molecule has 3 rings (SSSR count). The van der Waals surface area contributed by atoms with Crippen LogP contribution in [0.1, 0.15) is 48.9 Å². The predicted octanol–water partition coefficient (Wildman–Crippen LogP) is 2.09. The van der Waals surface area contributed by atoms with Gasteiger partial charge in [0.25, 0.3) is 0 Å². The van der Waals surface area contributed by atoms with Gasteiger partial charge in [-0.25, -0.2) is 0 Å². The second-order valence-corrected chi connectivity index (χ2v) is 5.95. The van der Waals surface area contributed by atoms with E-state index in [4.69, 9.17) is 0 Å². The molecular formula is C16H21N3O2. The molecule has 1 aromatic heterocycles. The lowest BCUT2D eigenvalue weighted by atomic mass is 10.0. The highest BCUT2D eigenvalue weighted by Crippen LogP contribution is 2.27. The molecule has 1 fully saturated rings. The fourth-order valence-corrected chi connectivity index (χ4v) is 3.26. The Morgan fingerprint density at radius 3 is 2.90 bits per heavy atom. The predicted molar refractivity (Wildman–Crippen MR) is 78.8 cm³/mol. The van der Waals surface area contributed by atoms with Crippen LogP contribution in [0.4, 0.5) is 0 Å². The number of carbonyl (C=O) groups excluding carboxylic acids is 2. The number of rotatable bonds is 4. The van der Waals surface area contributed by atoms with Gasteiger partial charge in [-0.1, -0.05) is 6.08 Å². The largest absolute Gasteiger partial charge is 0.335 e. The number of carbonyl (C=O) groups is 2. The van der Waals surface area contributed by atoms with Crippen molar-refractivity contribution in [3.63, 3.8) is 0 Å².